The maximum absolute atomic E-state index is 12.7. The fraction of sp³-hybridized carbons (Fsp3) is 0.533. The SMILES string of the molecule is CC1(C)CCCC1CNS(=O)(=O)c1c(Br)cc2[nH]c(=O)oc2c1Cl. The average Bonchev–Trinajstić information content (AvgIpc) is 2.98. The van der Waals surface area contributed by atoms with Gasteiger partial charge in [-0.15, -0.1) is 0 Å². The Morgan fingerprint density at radius 2 is 2.21 bits per heavy atom. The average molecular weight is 438 g/mol. The van der Waals surface area contributed by atoms with Gasteiger partial charge in [-0.3, -0.25) is 4.98 Å². The van der Waals surface area contributed by atoms with Crippen LogP contribution in [-0.4, -0.2) is 19.9 Å². The first kappa shape index (κ1) is 18.0. The molecule has 0 bridgehead atoms. The van der Waals surface area contributed by atoms with Crippen molar-refractivity contribution in [3.8, 4) is 0 Å². The lowest BCUT2D eigenvalue weighted by Crippen LogP contribution is -2.34. The molecule has 1 aromatic heterocycles. The van der Waals surface area contributed by atoms with E-state index in [1.54, 1.807) is 0 Å². The van der Waals surface area contributed by atoms with Gasteiger partial charge in [-0.1, -0.05) is 31.9 Å². The molecule has 3 rings (SSSR count). The Bertz CT molecular complexity index is 948. The zero-order valence-electron chi connectivity index (χ0n) is 13.3. The number of aromatic nitrogens is 1. The fourth-order valence-corrected chi connectivity index (χ4v) is 6.25. The number of hydrogen-bond donors (Lipinski definition) is 2. The molecule has 1 aliphatic rings. The molecule has 24 heavy (non-hydrogen) atoms. The summed E-state index contributed by atoms with van der Waals surface area (Å²) in [7, 11) is -3.85. The molecule has 1 unspecified atom stereocenters. The molecule has 0 amide bonds. The van der Waals surface area contributed by atoms with Crippen molar-refractivity contribution in [1.82, 2.24) is 9.71 Å². The van der Waals surface area contributed by atoms with Crippen LogP contribution in [0.25, 0.3) is 11.1 Å². The Morgan fingerprint density at radius 3 is 2.83 bits per heavy atom. The highest BCUT2D eigenvalue weighted by atomic mass is 79.9. The molecular formula is C15H18BrClN2O4S. The van der Waals surface area contributed by atoms with E-state index in [0.29, 0.717) is 12.1 Å². The maximum atomic E-state index is 12.7. The smallest absolute Gasteiger partial charge is 0.406 e. The zero-order chi connectivity index (χ0) is 17.7. The molecule has 2 aromatic rings. The van der Waals surface area contributed by atoms with Crippen LogP contribution in [0.3, 0.4) is 0 Å². The van der Waals surface area contributed by atoms with E-state index in [0.717, 1.165) is 19.3 Å². The van der Waals surface area contributed by atoms with Crippen molar-refractivity contribution in [2.75, 3.05) is 6.54 Å². The van der Waals surface area contributed by atoms with Crippen LogP contribution in [0.5, 0.6) is 0 Å². The van der Waals surface area contributed by atoms with Crippen molar-refractivity contribution >= 4 is 48.7 Å². The highest BCUT2D eigenvalue weighted by Gasteiger charge is 2.35. The van der Waals surface area contributed by atoms with Crippen LogP contribution < -0.4 is 10.5 Å². The van der Waals surface area contributed by atoms with E-state index in [2.05, 4.69) is 39.5 Å². The summed E-state index contributed by atoms with van der Waals surface area (Å²) in [5.41, 5.74) is 0.486. The number of H-pyrrole nitrogens is 1. The Labute approximate surface area is 153 Å². The monoisotopic (exact) mass is 436 g/mol. The van der Waals surface area contributed by atoms with E-state index in [9.17, 15) is 13.2 Å². The Kier molecular flexibility index (Phi) is 4.61. The summed E-state index contributed by atoms with van der Waals surface area (Å²) in [5.74, 6) is -0.409. The van der Waals surface area contributed by atoms with E-state index in [1.165, 1.54) is 6.07 Å². The van der Waals surface area contributed by atoms with Gasteiger partial charge in [0.25, 0.3) is 0 Å². The van der Waals surface area contributed by atoms with Gasteiger partial charge in [0.2, 0.25) is 10.0 Å². The van der Waals surface area contributed by atoms with Crippen LogP contribution >= 0.6 is 27.5 Å². The minimum absolute atomic E-state index is 0.0337. The highest BCUT2D eigenvalue weighted by Crippen LogP contribution is 2.42. The van der Waals surface area contributed by atoms with Crippen LogP contribution in [0, 0.1) is 11.3 Å². The number of nitrogens with one attached hydrogen (secondary N) is 2. The molecule has 2 N–H and O–H groups in total. The number of oxazole rings is 1. The van der Waals surface area contributed by atoms with Crippen LogP contribution in [0.15, 0.2) is 24.6 Å². The van der Waals surface area contributed by atoms with Crippen LogP contribution in [0.4, 0.5) is 0 Å². The maximum Gasteiger partial charge on any atom is 0.417 e. The molecule has 1 heterocycles. The minimum atomic E-state index is -3.85. The van der Waals surface area contributed by atoms with Crippen molar-refractivity contribution in [2.45, 2.75) is 38.0 Å². The molecule has 6 nitrogen and oxygen atoms in total. The van der Waals surface area contributed by atoms with Gasteiger partial charge < -0.3 is 4.42 Å². The lowest BCUT2D eigenvalue weighted by Gasteiger charge is -2.27. The molecular weight excluding hydrogens is 420 g/mol. The molecule has 1 aliphatic carbocycles. The standard InChI is InChI=1S/C15H18BrClN2O4S/c1-15(2)5-3-4-8(15)7-18-24(21,22)13-9(16)6-10-12(11(13)17)23-14(20)19-10/h6,8,18H,3-5,7H2,1-2H3,(H,19,20). The summed E-state index contributed by atoms with van der Waals surface area (Å²) in [5, 5.41) is -0.115. The second-order valence-corrected chi connectivity index (χ2v) is 9.76. The summed E-state index contributed by atoms with van der Waals surface area (Å²) in [4.78, 5) is 13.7. The minimum Gasteiger partial charge on any atom is -0.406 e. The summed E-state index contributed by atoms with van der Waals surface area (Å²) in [6, 6.07) is 1.47. The van der Waals surface area contributed by atoms with Gasteiger partial charge in [0.05, 0.1) is 5.52 Å². The van der Waals surface area contributed by atoms with Gasteiger partial charge in [-0.25, -0.2) is 17.9 Å². The van der Waals surface area contributed by atoms with Gasteiger partial charge in [0.15, 0.2) is 5.58 Å². The molecule has 1 atom stereocenters. The number of fused-ring (bicyclic) bond motifs is 1. The molecule has 1 fully saturated rings. The summed E-state index contributed by atoms with van der Waals surface area (Å²) >= 11 is 9.42. The number of aromatic amines is 1. The lowest BCUT2D eigenvalue weighted by molar-refractivity contribution is 0.261. The van der Waals surface area contributed by atoms with Gasteiger partial charge in [-0.2, -0.15) is 0 Å². The van der Waals surface area contributed by atoms with Crippen molar-refractivity contribution in [2.24, 2.45) is 11.3 Å². The number of benzene rings is 1. The van der Waals surface area contributed by atoms with E-state index in [-0.39, 0.29) is 31.3 Å². The first-order chi connectivity index (χ1) is 11.1. The zero-order valence-corrected chi connectivity index (χ0v) is 16.4. The molecule has 0 spiro atoms. The third-order valence-corrected chi connectivity index (χ3v) is 7.70. The van der Waals surface area contributed by atoms with E-state index in [1.807, 2.05) is 0 Å². The second kappa shape index (κ2) is 6.16. The van der Waals surface area contributed by atoms with Crippen LogP contribution in [0.2, 0.25) is 5.02 Å². The van der Waals surface area contributed by atoms with Crippen molar-refractivity contribution in [3.05, 3.63) is 26.1 Å². The topological polar surface area (TPSA) is 92.2 Å². The summed E-state index contributed by atoms with van der Waals surface area (Å²) in [6.07, 6.45) is 3.19. The predicted molar refractivity (Wildman–Crippen MR) is 95.9 cm³/mol. The van der Waals surface area contributed by atoms with E-state index < -0.39 is 15.8 Å². The molecule has 1 saturated carbocycles. The number of rotatable bonds is 4. The molecule has 0 aliphatic heterocycles. The second-order valence-electron chi connectivity index (χ2n) is 6.82. The van der Waals surface area contributed by atoms with Gasteiger partial charge in [-0.05, 0) is 46.2 Å². The number of hydrogen-bond acceptors (Lipinski definition) is 4. The fourth-order valence-electron chi connectivity index (χ4n) is 3.31. The van der Waals surface area contributed by atoms with Gasteiger partial charge in [0, 0.05) is 11.0 Å². The number of sulfonamides is 1. The molecule has 0 saturated heterocycles. The van der Waals surface area contributed by atoms with E-state index >= 15 is 0 Å². The lowest BCUT2D eigenvalue weighted by atomic mass is 9.82. The van der Waals surface area contributed by atoms with Crippen LogP contribution in [0.1, 0.15) is 33.1 Å². The molecule has 1 aromatic carbocycles. The van der Waals surface area contributed by atoms with Gasteiger partial charge >= 0.3 is 5.76 Å². The van der Waals surface area contributed by atoms with Crippen molar-refractivity contribution in [1.29, 1.82) is 0 Å². The molecule has 132 valence electrons. The van der Waals surface area contributed by atoms with Gasteiger partial charge in [0.1, 0.15) is 9.92 Å². The molecule has 9 heteroatoms. The Hall–Kier alpha value is -0.830. The first-order valence-electron chi connectivity index (χ1n) is 7.62. The third-order valence-electron chi connectivity index (χ3n) is 4.83. The molecule has 0 radical (unpaired) electrons. The summed E-state index contributed by atoms with van der Waals surface area (Å²) < 4.78 is 33.3. The predicted octanol–water partition coefficient (Wildman–Crippen LogP) is 3.64. The van der Waals surface area contributed by atoms with Crippen molar-refractivity contribution < 1.29 is 12.8 Å². The van der Waals surface area contributed by atoms with E-state index in [4.69, 9.17) is 16.0 Å². The van der Waals surface area contributed by atoms with Crippen LogP contribution in [-0.2, 0) is 10.0 Å². The number of halogens is 2. The van der Waals surface area contributed by atoms with Crippen molar-refractivity contribution in [3.63, 3.8) is 0 Å². The Balaban J connectivity index is 1.95. The quantitative estimate of drug-likeness (QED) is 0.764. The summed E-state index contributed by atoms with van der Waals surface area (Å²) in [6.45, 7) is 4.66. The first-order valence-corrected chi connectivity index (χ1v) is 10.3. The Morgan fingerprint density at radius 1 is 1.50 bits per heavy atom. The third kappa shape index (κ3) is 3.16. The highest BCUT2D eigenvalue weighted by molar-refractivity contribution is 9.10. The normalized spacial score (nSPS) is 20.8. The largest absolute Gasteiger partial charge is 0.417 e.